The van der Waals surface area contributed by atoms with Crippen molar-refractivity contribution < 1.29 is 58.9 Å². The third-order valence-corrected chi connectivity index (χ3v) is 5.49. The van der Waals surface area contributed by atoms with E-state index in [1.54, 1.807) is 0 Å². The largest absolute Gasteiger partial charge is 0.463 e. The molecule has 210 valence electrons. The summed E-state index contributed by atoms with van der Waals surface area (Å²) in [7, 11) is 0. The molecule has 1 atom stereocenters. The Labute approximate surface area is 217 Å². The second-order valence-electron chi connectivity index (χ2n) is 7.45. The number of benzene rings is 2. The molecule has 1 amide bonds. The van der Waals surface area contributed by atoms with Gasteiger partial charge in [0, 0.05) is 16.3 Å². The highest BCUT2D eigenvalue weighted by atomic mass is 35.5. The van der Waals surface area contributed by atoms with Crippen molar-refractivity contribution >= 4 is 40.8 Å². The van der Waals surface area contributed by atoms with Crippen molar-refractivity contribution in [2.45, 2.75) is 36.7 Å². The summed E-state index contributed by atoms with van der Waals surface area (Å²) < 4.78 is 128. The van der Waals surface area contributed by atoms with E-state index in [-0.39, 0.29) is 17.2 Å². The van der Waals surface area contributed by atoms with Gasteiger partial charge in [-0.3, -0.25) is 4.79 Å². The number of hydrogen-bond acceptors (Lipinski definition) is 5. The fourth-order valence-electron chi connectivity index (χ4n) is 3.03. The number of nitrogens with one attached hydrogen (secondary N) is 2. The lowest BCUT2D eigenvalue weighted by Crippen LogP contribution is -2.72. The van der Waals surface area contributed by atoms with Crippen molar-refractivity contribution in [3.05, 3.63) is 63.6 Å². The number of hydrogen-bond donors (Lipinski definition) is 3. The van der Waals surface area contributed by atoms with Gasteiger partial charge in [-0.05, 0) is 37.3 Å². The van der Waals surface area contributed by atoms with Crippen LogP contribution >= 0.6 is 23.2 Å². The van der Waals surface area contributed by atoms with E-state index in [0.717, 1.165) is 35.8 Å². The molecule has 2 rings (SSSR count). The predicted octanol–water partition coefficient (Wildman–Crippen LogP) is 5.97. The standard InChI is InChI=1S/C21H15Cl2F9N2O4/c1-2-38-16(36)17(37,19(24,25)26)10-3-6-12(7-4-10)33-18(20(27,28)29,21(30,31)32)34-15(35)13-8-5-11(22)9-14(13)23/h3-9,33,37H,2H2,1H3,(H,34,35)/t17-/m1/s1. The Morgan fingerprint density at radius 2 is 1.39 bits per heavy atom. The molecule has 0 aliphatic rings. The number of halogens is 11. The van der Waals surface area contributed by atoms with Crippen LogP contribution in [0, 0.1) is 0 Å². The Hall–Kier alpha value is -2.91. The van der Waals surface area contributed by atoms with Crippen LogP contribution in [-0.4, -0.2) is 47.8 Å². The van der Waals surface area contributed by atoms with Gasteiger partial charge >= 0.3 is 30.2 Å². The number of carbonyl (C=O) groups excluding carboxylic acids is 2. The molecule has 38 heavy (non-hydrogen) atoms. The maximum atomic E-state index is 13.9. The monoisotopic (exact) mass is 600 g/mol. The first-order valence-electron chi connectivity index (χ1n) is 9.97. The van der Waals surface area contributed by atoms with Crippen LogP contribution in [-0.2, 0) is 15.1 Å². The second kappa shape index (κ2) is 10.7. The molecular weight excluding hydrogens is 586 g/mol. The Morgan fingerprint density at radius 1 is 0.868 bits per heavy atom. The molecule has 0 aliphatic heterocycles. The van der Waals surface area contributed by atoms with Gasteiger partial charge in [-0.25, -0.2) is 4.79 Å². The third kappa shape index (κ3) is 5.89. The van der Waals surface area contributed by atoms with Gasteiger partial charge in [-0.1, -0.05) is 35.3 Å². The van der Waals surface area contributed by atoms with Crippen molar-refractivity contribution in [1.82, 2.24) is 5.32 Å². The molecule has 0 saturated heterocycles. The van der Waals surface area contributed by atoms with Crippen LogP contribution in [0.4, 0.5) is 45.2 Å². The Balaban J connectivity index is 2.58. The number of alkyl halides is 9. The van der Waals surface area contributed by atoms with E-state index in [4.69, 9.17) is 23.2 Å². The summed E-state index contributed by atoms with van der Waals surface area (Å²) in [6.45, 7) is 0.537. The molecule has 0 radical (unpaired) electrons. The van der Waals surface area contributed by atoms with Crippen LogP contribution < -0.4 is 10.6 Å². The molecule has 6 nitrogen and oxygen atoms in total. The molecule has 0 aliphatic carbocycles. The van der Waals surface area contributed by atoms with Crippen LogP contribution in [0.15, 0.2) is 42.5 Å². The summed E-state index contributed by atoms with van der Waals surface area (Å²) in [5, 5.41) is 11.2. The van der Waals surface area contributed by atoms with Gasteiger partial charge in [-0.2, -0.15) is 39.5 Å². The lowest BCUT2D eigenvalue weighted by Gasteiger charge is -2.39. The highest BCUT2D eigenvalue weighted by Gasteiger charge is 2.72. The summed E-state index contributed by atoms with van der Waals surface area (Å²) in [6, 6.07) is 3.71. The number of carbonyl (C=O) groups is 2. The molecule has 0 fully saturated rings. The Bertz CT molecular complexity index is 1170. The maximum absolute atomic E-state index is 13.9. The minimum Gasteiger partial charge on any atom is -0.463 e. The van der Waals surface area contributed by atoms with Gasteiger partial charge in [0.15, 0.2) is 0 Å². The van der Waals surface area contributed by atoms with Gasteiger partial charge in [0.05, 0.1) is 17.2 Å². The molecule has 2 aromatic carbocycles. The number of rotatable bonds is 7. The summed E-state index contributed by atoms with van der Waals surface area (Å²) in [5.74, 6) is -4.11. The third-order valence-electron chi connectivity index (χ3n) is 4.94. The van der Waals surface area contributed by atoms with Crippen molar-refractivity contribution in [3.8, 4) is 0 Å². The van der Waals surface area contributed by atoms with Crippen molar-refractivity contribution in [2.24, 2.45) is 0 Å². The van der Waals surface area contributed by atoms with Crippen molar-refractivity contribution in [2.75, 3.05) is 11.9 Å². The number of ether oxygens (including phenoxy) is 1. The van der Waals surface area contributed by atoms with Crippen LogP contribution in [0.3, 0.4) is 0 Å². The first-order chi connectivity index (χ1) is 17.2. The lowest BCUT2D eigenvalue weighted by atomic mass is 9.92. The molecular formula is C21H15Cl2F9N2O4. The number of aliphatic hydroxyl groups is 1. The van der Waals surface area contributed by atoms with E-state index in [0.29, 0.717) is 12.1 Å². The molecule has 0 bridgehead atoms. The van der Waals surface area contributed by atoms with Gasteiger partial charge in [-0.15, -0.1) is 0 Å². The summed E-state index contributed by atoms with van der Waals surface area (Å²) in [6.07, 6.45) is -18.2. The lowest BCUT2D eigenvalue weighted by molar-refractivity contribution is -0.294. The quantitative estimate of drug-likeness (QED) is 0.207. The van der Waals surface area contributed by atoms with E-state index in [2.05, 4.69) is 4.74 Å². The fraction of sp³-hybridized carbons (Fsp3) is 0.333. The predicted molar refractivity (Wildman–Crippen MR) is 115 cm³/mol. The SMILES string of the molecule is CCOC(=O)[C@](O)(c1ccc(NC(NC(=O)c2ccc(Cl)cc2Cl)(C(F)(F)F)C(F)(F)F)cc1)C(F)(F)F. The maximum Gasteiger partial charge on any atom is 0.439 e. The highest BCUT2D eigenvalue weighted by Crippen LogP contribution is 2.45. The molecule has 0 heterocycles. The van der Waals surface area contributed by atoms with Gasteiger partial charge in [0.1, 0.15) is 0 Å². The average Bonchev–Trinajstić information content (AvgIpc) is 2.76. The van der Waals surface area contributed by atoms with E-state index in [1.807, 2.05) is 0 Å². The fourth-order valence-corrected chi connectivity index (χ4v) is 3.53. The van der Waals surface area contributed by atoms with Gasteiger partial charge in [0.25, 0.3) is 11.5 Å². The van der Waals surface area contributed by atoms with Crippen molar-refractivity contribution in [3.63, 3.8) is 0 Å². The highest BCUT2D eigenvalue weighted by molar-refractivity contribution is 6.36. The Kier molecular flexibility index (Phi) is 8.81. The van der Waals surface area contributed by atoms with Crippen molar-refractivity contribution in [1.29, 1.82) is 0 Å². The van der Waals surface area contributed by atoms with Gasteiger partial charge < -0.3 is 20.5 Å². The smallest absolute Gasteiger partial charge is 0.439 e. The molecule has 0 spiro atoms. The zero-order valence-corrected chi connectivity index (χ0v) is 20.1. The van der Waals surface area contributed by atoms with E-state index in [1.165, 1.54) is 0 Å². The zero-order chi connectivity index (χ0) is 29.3. The van der Waals surface area contributed by atoms with Crippen LogP contribution in [0.5, 0.6) is 0 Å². The second-order valence-corrected chi connectivity index (χ2v) is 8.30. The summed E-state index contributed by atoms with van der Waals surface area (Å²) in [4.78, 5) is 24.2. The first kappa shape index (κ1) is 31.3. The minimum absolute atomic E-state index is 0.0793. The zero-order valence-electron chi connectivity index (χ0n) is 18.6. The topological polar surface area (TPSA) is 87.7 Å². The first-order valence-corrected chi connectivity index (χ1v) is 10.7. The molecule has 0 unspecified atom stereocenters. The van der Waals surface area contributed by atoms with Crippen LogP contribution in [0.25, 0.3) is 0 Å². The molecule has 3 N–H and O–H groups in total. The molecule has 17 heteroatoms. The van der Waals surface area contributed by atoms with Crippen LogP contribution in [0.2, 0.25) is 10.0 Å². The number of esters is 1. The number of anilines is 1. The summed E-state index contributed by atoms with van der Waals surface area (Å²) >= 11 is 11.3. The van der Waals surface area contributed by atoms with Gasteiger partial charge in [0.2, 0.25) is 0 Å². The minimum atomic E-state index is -6.28. The normalized spacial score (nSPS) is 14.4. The van der Waals surface area contributed by atoms with E-state index in [9.17, 15) is 54.2 Å². The molecule has 0 saturated carbocycles. The summed E-state index contributed by atoms with van der Waals surface area (Å²) in [5.41, 5.74) is -12.7. The van der Waals surface area contributed by atoms with Crippen LogP contribution in [0.1, 0.15) is 22.8 Å². The molecule has 0 aromatic heterocycles. The van der Waals surface area contributed by atoms with E-state index < -0.39 is 70.1 Å². The molecule has 2 aromatic rings. The number of amides is 1. The Morgan fingerprint density at radius 3 is 1.82 bits per heavy atom. The average molecular weight is 601 g/mol. The van der Waals surface area contributed by atoms with E-state index >= 15 is 0 Å².